The second-order valence-electron chi connectivity index (χ2n) is 3.35. The van der Waals surface area contributed by atoms with Crippen molar-refractivity contribution < 1.29 is 9.53 Å². The van der Waals surface area contributed by atoms with Gasteiger partial charge in [0.2, 0.25) is 5.91 Å². The highest BCUT2D eigenvalue weighted by Crippen LogP contribution is 2.27. The Hall–Kier alpha value is -1.26. The Labute approximate surface area is 99.7 Å². The number of anilines is 1. The van der Waals surface area contributed by atoms with Gasteiger partial charge in [-0.1, -0.05) is 18.5 Å². The summed E-state index contributed by atoms with van der Waals surface area (Å²) in [6.45, 7) is 1.85. The third-order valence-corrected chi connectivity index (χ3v) is 2.49. The summed E-state index contributed by atoms with van der Waals surface area (Å²) < 4.78 is 5.00. The third-order valence-electron chi connectivity index (χ3n) is 2.20. The van der Waals surface area contributed by atoms with E-state index in [2.05, 4.69) is 5.32 Å². The van der Waals surface area contributed by atoms with Crippen molar-refractivity contribution in [3.05, 3.63) is 23.2 Å². The van der Waals surface area contributed by atoms with Crippen LogP contribution in [0.5, 0.6) is 5.75 Å². The lowest BCUT2D eigenvalue weighted by molar-refractivity contribution is -0.117. The molecule has 1 rings (SSSR count). The Morgan fingerprint density at radius 1 is 1.62 bits per heavy atom. The van der Waals surface area contributed by atoms with Gasteiger partial charge in [0, 0.05) is 5.69 Å². The molecule has 1 amide bonds. The van der Waals surface area contributed by atoms with Gasteiger partial charge in [0.15, 0.2) is 0 Å². The Morgan fingerprint density at radius 2 is 2.31 bits per heavy atom. The van der Waals surface area contributed by atoms with Crippen LogP contribution in [0.15, 0.2) is 18.2 Å². The number of nitrogens with one attached hydrogen (secondary N) is 1. The van der Waals surface area contributed by atoms with Crippen molar-refractivity contribution in [2.24, 2.45) is 5.73 Å². The fourth-order valence-corrected chi connectivity index (χ4v) is 1.42. The minimum Gasteiger partial charge on any atom is -0.495 e. The van der Waals surface area contributed by atoms with Crippen molar-refractivity contribution in [1.82, 2.24) is 0 Å². The van der Waals surface area contributed by atoms with Crippen molar-refractivity contribution in [1.29, 1.82) is 0 Å². The lowest BCUT2D eigenvalue weighted by atomic mass is 10.2. The number of carbonyl (C=O) groups excluding carboxylic acids is 1. The number of ether oxygens (including phenoxy) is 1. The summed E-state index contributed by atoms with van der Waals surface area (Å²) in [4.78, 5) is 11.5. The maximum absolute atomic E-state index is 11.5. The predicted molar refractivity (Wildman–Crippen MR) is 64.9 cm³/mol. The molecule has 0 aliphatic heterocycles. The van der Waals surface area contributed by atoms with Gasteiger partial charge >= 0.3 is 0 Å². The largest absolute Gasteiger partial charge is 0.495 e. The Balaban J connectivity index is 2.75. The Kier molecular flexibility index (Phi) is 4.58. The molecule has 3 N–H and O–H groups in total. The number of hydrogen-bond donors (Lipinski definition) is 2. The number of benzene rings is 1. The van der Waals surface area contributed by atoms with Crippen molar-refractivity contribution in [2.45, 2.75) is 19.4 Å². The molecule has 0 bridgehead atoms. The van der Waals surface area contributed by atoms with Gasteiger partial charge in [0.25, 0.3) is 0 Å². The summed E-state index contributed by atoms with van der Waals surface area (Å²) in [5.74, 6) is 0.350. The maximum atomic E-state index is 11.5. The van der Waals surface area contributed by atoms with Gasteiger partial charge in [-0.2, -0.15) is 0 Å². The molecule has 0 aromatic heterocycles. The summed E-state index contributed by atoms with van der Waals surface area (Å²) in [7, 11) is 1.53. The molecule has 1 atom stereocenters. The van der Waals surface area contributed by atoms with Crippen molar-refractivity contribution in [3.63, 3.8) is 0 Å². The topological polar surface area (TPSA) is 64.4 Å². The van der Waals surface area contributed by atoms with Crippen LogP contribution in [0, 0.1) is 0 Å². The van der Waals surface area contributed by atoms with Gasteiger partial charge < -0.3 is 15.8 Å². The molecule has 0 saturated heterocycles. The molecule has 0 aliphatic carbocycles. The van der Waals surface area contributed by atoms with Gasteiger partial charge in [0.05, 0.1) is 18.2 Å². The number of rotatable bonds is 4. The SMILES string of the molecule is CCC(N)C(=O)Nc1ccc(OC)c(Cl)c1. The molecule has 0 spiro atoms. The van der Waals surface area contributed by atoms with Gasteiger partial charge in [-0.05, 0) is 24.6 Å². The highest BCUT2D eigenvalue weighted by Gasteiger charge is 2.11. The van der Waals surface area contributed by atoms with E-state index in [0.717, 1.165) is 0 Å². The number of methoxy groups -OCH3 is 1. The van der Waals surface area contributed by atoms with Crippen LogP contribution in [0.3, 0.4) is 0 Å². The van der Waals surface area contributed by atoms with E-state index in [0.29, 0.717) is 22.9 Å². The molecule has 4 nitrogen and oxygen atoms in total. The second kappa shape index (κ2) is 5.72. The number of carbonyl (C=O) groups is 1. The van der Waals surface area contributed by atoms with Gasteiger partial charge in [0.1, 0.15) is 5.75 Å². The number of hydrogen-bond acceptors (Lipinski definition) is 3. The summed E-state index contributed by atoms with van der Waals surface area (Å²) in [5, 5.41) is 3.13. The number of nitrogens with two attached hydrogens (primary N) is 1. The zero-order valence-electron chi connectivity index (χ0n) is 9.29. The molecular formula is C11H15ClN2O2. The van der Waals surface area contributed by atoms with E-state index in [1.165, 1.54) is 7.11 Å². The first-order valence-corrected chi connectivity index (χ1v) is 5.36. The first kappa shape index (κ1) is 12.8. The van der Waals surface area contributed by atoms with Crippen LogP contribution in [-0.4, -0.2) is 19.1 Å². The first-order valence-electron chi connectivity index (χ1n) is 4.98. The highest BCUT2D eigenvalue weighted by atomic mass is 35.5. The molecular weight excluding hydrogens is 228 g/mol. The second-order valence-corrected chi connectivity index (χ2v) is 3.76. The van der Waals surface area contributed by atoms with E-state index in [1.807, 2.05) is 6.92 Å². The predicted octanol–water partition coefficient (Wildman–Crippen LogP) is 2.02. The Morgan fingerprint density at radius 3 is 2.81 bits per heavy atom. The zero-order chi connectivity index (χ0) is 12.1. The van der Waals surface area contributed by atoms with E-state index >= 15 is 0 Å². The van der Waals surface area contributed by atoms with Crippen LogP contribution in [0.4, 0.5) is 5.69 Å². The molecule has 0 fully saturated rings. The first-order chi connectivity index (χ1) is 7.58. The van der Waals surface area contributed by atoms with E-state index in [4.69, 9.17) is 22.1 Å². The van der Waals surface area contributed by atoms with Crippen LogP contribution < -0.4 is 15.8 Å². The van der Waals surface area contributed by atoms with Crippen LogP contribution >= 0.6 is 11.6 Å². The van der Waals surface area contributed by atoms with Crippen molar-refractivity contribution in [2.75, 3.05) is 12.4 Å². The smallest absolute Gasteiger partial charge is 0.241 e. The average molecular weight is 243 g/mol. The average Bonchev–Trinajstić information content (AvgIpc) is 2.28. The summed E-state index contributed by atoms with van der Waals surface area (Å²) in [6.07, 6.45) is 0.593. The lowest BCUT2D eigenvalue weighted by Gasteiger charge is -2.11. The van der Waals surface area contributed by atoms with Crippen molar-refractivity contribution >= 4 is 23.2 Å². The normalized spacial score (nSPS) is 12.0. The van der Waals surface area contributed by atoms with Gasteiger partial charge in [-0.3, -0.25) is 4.79 Å². The van der Waals surface area contributed by atoms with Gasteiger partial charge in [-0.15, -0.1) is 0 Å². The van der Waals surface area contributed by atoms with Crippen LogP contribution in [-0.2, 0) is 4.79 Å². The van der Waals surface area contributed by atoms with Crippen LogP contribution in [0.1, 0.15) is 13.3 Å². The van der Waals surface area contributed by atoms with E-state index in [1.54, 1.807) is 18.2 Å². The monoisotopic (exact) mass is 242 g/mol. The zero-order valence-corrected chi connectivity index (χ0v) is 10.0. The Bertz CT molecular complexity index is 382. The summed E-state index contributed by atoms with van der Waals surface area (Å²) in [5.41, 5.74) is 6.20. The molecule has 1 aromatic rings. The molecule has 88 valence electrons. The summed E-state index contributed by atoms with van der Waals surface area (Å²) >= 11 is 5.92. The quantitative estimate of drug-likeness (QED) is 0.849. The fourth-order valence-electron chi connectivity index (χ4n) is 1.16. The molecule has 0 saturated carbocycles. The standard InChI is InChI=1S/C11H15ClN2O2/c1-3-9(13)11(15)14-7-4-5-10(16-2)8(12)6-7/h4-6,9H,3,13H2,1-2H3,(H,14,15). The van der Waals surface area contributed by atoms with Crippen molar-refractivity contribution in [3.8, 4) is 5.75 Å². The molecule has 16 heavy (non-hydrogen) atoms. The van der Waals surface area contributed by atoms with E-state index < -0.39 is 6.04 Å². The molecule has 1 aromatic carbocycles. The third kappa shape index (κ3) is 3.12. The minimum absolute atomic E-state index is 0.219. The molecule has 0 aliphatic rings. The summed E-state index contributed by atoms with van der Waals surface area (Å²) in [6, 6.07) is 4.53. The van der Waals surface area contributed by atoms with E-state index in [-0.39, 0.29) is 5.91 Å². The molecule has 0 radical (unpaired) electrons. The van der Waals surface area contributed by atoms with Crippen LogP contribution in [0.2, 0.25) is 5.02 Å². The van der Waals surface area contributed by atoms with E-state index in [9.17, 15) is 4.79 Å². The van der Waals surface area contributed by atoms with Crippen LogP contribution in [0.25, 0.3) is 0 Å². The maximum Gasteiger partial charge on any atom is 0.241 e. The fraction of sp³-hybridized carbons (Fsp3) is 0.364. The highest BCUT2D eigenvalue weighted by molar-refractivity contribution is 6.32. The molecule has 0 heterocycles. The minimum atomic E-state index is -0.499. The number of amides is 1. The molecule has 1 unspecified atom stereocenters. The number of halogens is 1. The molecule has 5 heteroatoms. The lowest BCUT2D eigenvalue weighted by Crippen LogP contribution is -2.34. The van der Waals surface area contributed by atoms with Gasteiger partial charge in [-0.25, -0.2) is 0 Å².